The minimum atomic E-state index is 0.437. The normalized spacial score (nSPS) is 13.2. The lowest BCUT2D eigenvalue weighted by molar-refractivity contribution is 0.532. The summed E-state index contributed by atoms with van der Waals surface area (Å²) >= 11 is 0. The van der Waals surface area contributed by atoms with Crippen molar-refractivity contribution in [2.45, 2.75) is 52.6 Å². The van der Waals surface area contributed by atoms with Crippen LogP contribution in [0.15, 0.2) is 12.4 Å². The maximum atomic E-state index is 4.28. The zero-order chi connectivity index (χ0) is 10.6. The van der Waals surface area contributed by atoms with Crippen LogP contribution in [0.2, 0.25) is 0 Å². The fourth-order valence-corrected chi connectivity index (χ4v) is 1.48. The summed E-state index contributed by atoms with van der Waals surface area (Å²) in [5, 5.41) is 7.72. The van der Waals surface area contributed by atoms with E-state index in [1.165, 1.54) is 12.8 Å². The van der Waals surface area contributed by atoms with Gasteiger partial charge in [0.25, 0.3) is 0 Å². The van der Waals surface area contributed by atoms with Crippen LogP contribution in [0.5, 0.6) is 0 Å². The number of rotatable bonds is 5. The first-order valence-corrected chi connectivity index (χ1v) is 5.44. The van der Waals surface area contributed by atoms with Gasteiger partial charge in [0.15, 0.2) is 0 Å². The molecule has 0 amide bonds. The highest BCUT2D eigenvalue weighted by Crippen LogP contribution is 2.12. The van der Waals surface area contributed by atoms with Crippen LogP contribution in [-0.2, 0) is 0 Å². The monoisotopic (exact) mass is 195 g/mol. The zero-order valence-electron chi connectivity index (χ0n) is 9.62. The summed E-state index contributed by atoms with van der Waals surface area (Å²) in [5.74, 6) is 0. The Morgan fingerprint density at radius 2 is 2.14 bits per heavy atom. The molecule has 1 N–H and O–H groups in total. The topological polar surface area (TPSA) is 29.9 Å². The lowest BCUT2D eigenvalue weighted by atomic mass is 10.2. The van der Waals surface area contributed by atoms with Crippen molar-refractivity contribution in [2.75, 3.05) is 5.32 Å². The van der Waals surface area contributed by atoms with Gasteiger partial charge in [-0.05, 0) is 27.2 Å². The summed E-state index contributed by atoms with van der Waals surface area (Å²) in [4.78, 5) is 0. The van der Waals surface area contributed by atoms with Crippen LogP contribution in [-0.4, -0.2) is 15.8 Å². The zero-order valence-corrected chi connectivity index (χ0v) is 9.62. The number of nitrogens with zero attached hydrogens (tertiary/aromatic N) is 2. The van der Waals surface area contributed by atoms with Crippen LogP contribution in [0.4, 0.5) is 5.69 Å². The standard InChI is InChI=1S/C11H21N3/c1-5-6-10(4)13-11-7-12-14(8-11)9(2)3/h7-10,13H,5-6H2,1-4H3. The van der Waals surface area contributed by atoms with Gasteiger partial charge in [0.1, 0.15) is 0 Å². The molecule has 1 unspecified atom stereocenters. The molecule has 1 heterocycles. The van der Waals surface area contributed by atoms with Gasteiger partial charge in [-0.3, -0.25) is 4.68 Å². The van der Waals surface area contributed by atoms with Crippen molar-refractivity contribution in [1.82, 2.24) is 9.78 Å². The van der Waals surface area contributed by atoms with E-state index in [4.69, 9.17) is 0 Å². The van der Waals surface area contributed by atoms with Crippen LogP contribution in [0.25, 0.3) is 0 Å². The fourth-order valence-electron chi connectivity index (χ4n) is 1.48. The van der Waals surface area contributed by atoms with E-state index in [1.807, 2.05) is 10.9 Å². The first kappa shape index (κ1) is 11.1. The molecular weight excluding hydrogens is 174 g/mol. The van der Waals surface area contributed by atoms with Gasteiger partial charge in [0.2, 0.25) is 0 Å². The molecule has 0 aromatic carbocycles. The van der Waals surface area contributed by atoms with E-state index in [0.29, 0.717) is 12.1 Å². The van der Waals surface area contributed by atoms with Crippen molar-refractivity contribution in [2.24, 2.45) is 0 Å². The Kier molecular flexibility index (Phi) is 3.98. The molecule has 1 aromatic heterocycles. The van der Waals surface area contributed by atoms with Crippen molar-refractivity contribution in [1.29, 1.82) is 0 Å². The number of nitrogens with one attached hydrogen (secondary N) is 1. The molecule has 0 fully saturated rings. The highest BCUT2D eigenvalue weighted by Gasteiger charge is 2.04. The van der Waals surface area contributed by atoms with Gasteiger partial charge in [-0.2, -0.15) is 5.10 Å². The molecule has 1 aromatic rings. The molecule has 0 saturated carbocycles. The van der Waals surface area contributed by atoms with Crippen LogP contribution in [0.3, 0.4) is 0 Å². The molecule has 0 saturated heterocycles. The molecule has 14 heavy (non-hydrogen) atoms. The quantitative estimate of drug-likeness (QED) is 0.782. The van der Waals surface area contributed by atoms with Gasteiger partial charge in [-0.1, -0.05) is 13.3 Å². The molecule has 0 spiro atoms. The molecule has 0 aliphatic rings. The largest absolute Gasteiger partial charge is 0.380 e. The Labute approximate surface area is 86.5 Å². The van der Waals surface area contributed by atoms with Gasteiger partial charge >= 0.3 is 0 Å². The third kappa shape index (κ3) is 3.05. The van der Waals surface area contributed by atoms with Gasteiger partial charge in [0, 0.05) is 18.3 Å². The van der Waals surface area contributed by atoms with E-state index in [9.17, 15) is 0 Å². The van der Waals surface area contributed by atoms with Crippen molar-refractivity contribution in [3.63, 3.8) is 0 Å². The average Bonchev–Trinajstić information content (AvgIpc) is 2.53. The Bertz CT molecular complexity index is 265. The van der Waals surface area contributed by atoms with Crippen LogP contribution in [0, 0.1) is 0 Å². The molecule has 1 atom stereocenters. The van der Waals surface area contributed by atoms with Crippen LogP contribution >= 0.6 is 0 Å². The van der Waals surface area contributed by atoms with E-state index in [-0.39, 0.29) is 0 Å². The molecule has 80 valence electrons. The lowest BCUT2D eigenvalue weighted by Gasteiger charge is -2.11. The Hall–Kier alpha value is -0.990. The van der Waals surface area contributed by atoms with Gasteiger partial charge < -0.3 is 5.32 Å². The SMILES string of the molecule is CCCC(C)Nc1cnn(C(C)C)c1. The van der Waals surface area contributed by atoms with Gasteiger partial charge in [0.05, 0.1) is 11.9 Å². The first-order chi connectivity index (χ1) is 6.63. The highest BCUT2D eigenvalue weighted by molar-refractivity contribution is 5.39. The molecule has 0 aliphatic heterocycles. The highest BCUT2D eigenvalue weighted by atomic mass is 15.3. The summed E-state index contributed by atoms with van der Waals surface area (Å²) < 4.78 is 1.97. The smallest absolute Gasteiger partial charge is 0.0728 e. The van der Waals surface area contributed by atoms with E-state index >= 15 is 0 Å². The Morgan fingerprint density at radius 3 is 2.64 bits per heavy atom. The molecule has 3 heteroatoms. The fraction of sp³-hybridized carbons (Fsp3) is 0.727. The van der Waals surface area contributed by atoms with E-state index in [2.05, 4.69) is 44.3 Å². The first-order valence-electron chi connectivity index (χ1n) is 5.44. The third-order valence-corrected chi connectivity index (χ3v) is 2.27. The summed E-state index contributed by atoms with van der Waals surface area (Å²) in [6, 6.07) is 0.969. The van der Waals surface area contributed by atoms with E-state index in [1.54, 1.807) is 0 Å². The van der Waals surface area contributed by atoms with Crippen LogP contribution < -0.4 is 5.32 Å². The molecule has 0 radical (unpaired) electrons. The number of anilines is 1. The number of hydrogen-bond donors (Lipinski definition) is 1. The Balaban J connectivity index is 2.51. The summed E-state index contributed by atoms with van der Waals surface area (Å²) in [7, 11) is 0. The summed E-state index contributed by atoms with van der Waals surface area (Å²) in [5.41, 5.74) is 1.12. The van der Waals surface area contributed by atoms with Gasteiger partial charge in [-0.15, -0.1) is 0 Å². The minimum absolute atomic E-state index is 0.437. The molecule has 3 nitrogen and oxygen atoms in total. The van der Waals surface area contributed by atoms with Crippen molar-refractivity contribution < 1.29 is 0 Å². The minimum Gasteiger partial charge on any atom is -0.380 e. The van der Waals surface area contributed by atoms with Crippen LogP contribution in [0.1, 0.15) is 46.6 Å². The summed E-state index contributed by atoms with van der Waals surface area (Å²) in [6.07, 6.45) is 6.38. The van der Waals surface area contributed by atoms with E-state index < -0.39 is 0 Å². The lowest BCUT2D eigenvalue weighted by Crippen LogP contribution is -2.13. The van der Waals surface area contributed by atoms with E-state index in [0.717, 1.165) is 5.69 Å². The van der Waals surface area contributed by atoms with Crippen molar-refractivity contribution in [3.8, 4) is 0 Å². The maximum absolute atomic E-state index is 4.28. The second kappa shape index (κ2) is 5.03. The van der Waals surface area contributed by atoms with Gasteiger partial charge in [-0.25, -0.2) is 0 Å². The predicted octanol–water partition coefficient (Wildman–Crippen LogP) is 3.06. The third-order valence-electron chi connectivity index (χ3n) is 2.27. The number of hydrogen-bond acceptors (Lipinski definition) is 2. The average molecular weight is 195 g/mol. The van der Waals surface area contributed by atoms with Crippen molar-refractivity contribution in [3.05, 3.63) is 12.4 Å². The number of aromatic nitrogens is 2. The molecule has 0 bridgehead atoms. The van der Waals surface area contributed by atoms with Crippen molar-refractivity contribution >= 4 is 5.69 Å². The predicted molar refractivity (Wildman–Crippen MR) is 60.6 cm³/mol. The maximum Gasteiger partial charge on any atom is 0.0728 e. The molecular formula is C11H21N3. The summed E-state index contributed by atoms with van der Waals surface area (Å²) in [6.45, 7) is 8.67. The molecule has 0 aliphatic carbocycles. The second-order valence-electron chi connectivity index (χ2n) is 4.14. The molecule has 1 rings (SSSR count). The second-order valence-corrected chi connectivity index (χ2v) is 4.14. The Morgan fingerprint density at radius 1 is 1.43 bits per heavy atom.